The van der Waals surface area contributed by atoms with Crippen LogP contribution in [0.15, 0.2) is 12.4 Å². The molecule has 0 bridgehead atoms. The van der Waals surface area contributed by atoms with Crippen molar-refractivity contribution in [3.05, 3.63) is 18.1 Å². The number of hydrogen-bond acceptors (Lipinski definition) is 4. The number of nitrogens with zero attached hydrogens (tertiary/aromatic N) is 3. The van der Waals surface area contributed by atoms with Gasteiger partial charge < -0.3 is 10.2 Å². The lowest BCUT2D eigenvalue weighted by Crippen LogP contribution is -2.31. The van der Waals surface area contributed by atoms with Crippen molar-refractivity contribution in [1.29, 1.82) is 0 Å². The van der Waals surface area contributed by atoms with Gasteiger partial charge in [-0.2, -0.15) is 0 Å². The van der Waals surface area contributed by atoms with Crippen molar-refractivity contribution in [1.82, 2.24) is 14.9 Å². The normalized spacial score (nSPS) is 9.80. The Balaban J connectivity index is 2.90. The maximum absolute atomic E-state index is 11.9. The molecule has 0 saturated carbocycles. The number of amides is 1. The Morgan fingerprint density at radius 1 is 1.40 bits per heavy atom. The van der Waals surface area contributed by atoms with Crippen LogP contribution >= 0.6 is 0 Å². The highest BCUT2D eigenvalue weighted by molar-refractivity contribution is 5.92. The number of nitrogens with one attached hydrogen (secondary N) is 1. The highest BCUT2D eigenvalue weighted by Crippen LogP contribution is 2.04. The molecule has 1 rings (SSSR count). The second-order valence-corrected chi connectivity index (χ2v) is 3.02. The quantitative estimate of drug-likeness (QED) is 0.802. The largest absolute Gasteiger partial charge is 0.372 e. The summed E-state index contributed by atoms with van der Waals surface area (Å²) < 4.78 is 0. The van der Waals surface area contributed by atoms with Crippen LogP contribution in [0.5, 0.6) is 0 Å². The summed E-state index contributed by atoms with van der Waals surface area (Å²) in [5.74, 6) is 0.526. The Morgan fingerprint density at radius 2 is 2.07 bits per heavy atom. The van der Waals surface area contributed by atoms with Gasteiger partial charge in [0.15, 0.2) is 0 Å². The van der Waals surface area contributed by atoms with Crippen LogP contribution in [0.4, 0.5) is 5.82 Å². The first-order valence-corrected chi connectivity index (χ1v) is 5.02. The van der Waals surface area contributed by atoms with E-state index in [0.717, 1.165) is 0 Å². The van der Waals surface area contributed by atoms with Crippen LogP contribution < -0.4 is 5.32 Å². The molecule has 0 fully saturated rings. The van der Waals surface area contributed by atoms with Crippen LogP contribution in [0.1, 0.15) is 24.3 Å². The molecule has 0 aliphatic carbocycles. The third-order valence-corrected chi connectivity index (χ3v) is 2.16. The summed E-state index contributed by atoms with van der Waals surface area (Å²) in [6, 6.07) is 0. The van der Waals surface area contributed by atoms with Crippen LogP contribution in [-0.2, 0) is 0 Å². The molecule has 0 spiro atoms. The van der Waals surface area contributed by atoms with E-state index < -0.39 is 0 Å². The van der Waals surface area contributed by atoms with Gasteiger partial charge >= 0.3 is 0 Å². The maximum atomic E-state index is 11.9. The zero-order valence-electron chi connectivity index (χ0n) is 9.32. The summed E-state index contributed by atoms with van der Waals surface area (Å²) in [5, 5.41) is 2.85. The minimum atomic E-state index is -0.0791. The van der Waals surface area contributed by atoms with E-state index in [9.17, 15) is 4.79 Å². The third kappa shape index (κ3) is 2.65. The maximum Gasteiger partial charge on any atom is 0.274 e. The van der Waals surface area contributed by atoms with Crippen molar-refractivity contribution in [2.24, 2.45) is 0 Å². The molecule has 0 aliphatic heterocycles. The number of anilines is 1. The van der Waals surface area contributed by atoms with Crippen molar-refractivity contribution in [3.8, 4) is 0 Å². The molecular formula is C10H16N4O. The average molecular weight is 208 g/mol. The lowest BCUT2D eigenvalue weighted by atomic mass is 10.3. The first-order chi connectivity index (χ1) is 7.22. The van der Waals surface area contributed by atoms with Crippen molar-refractivity contribution in [2.45, 2.75) is 13.8 Å². The molecule has 1 N–H and O–H groups in total. The molecule has 5 nitrogen and oxygen atoms in total. The minimum absolute atomic E-state index is 0.0791. The topological polar surface area (TPSA) is 58.1 Å². The van der Waals surface area contributed by atoms with E-state index in [1.165, 1.54) is 6.20 Å². The van der Waals surface area contributed by atoms with Gasteiger partial charge in [0.1, 0.15) is 11.5 Å². The van der Waals surface area contributed by atoms with E-state index in [0.29, 0.717) is 24.6 Å². The fraction of sp³-hybridized carbons (Fsp3) is 0.500. The first kappa shape index (κ1) is 11.4. The van der Waals surface area contributed by atoms with E-state index in [2.05, 4.69) is 15.3 Å². The van der Waals surface area contributed by atoms with Crippen molar-refractivity contribution >= 4 is 11.7 Å². The molecule has 0 aliphatic rings. The molecule has 5 heteroatoms. The van der Waals surface area contributed by atoms with Gasteiger partial charge in [-0.25, -0.2) is 4.98 Å². The van der Waals surface area contributed by atoms with Crippen molar-refractivity contribution in [3.63, 3.8) is 0 Å². The molecule has 1 amide bonds. The standard InChI is InChI=1S/C10H16N4O/c1-4-14(5-2)10(15)8-6-12-7-9(11-3)13-8/h6-7H,4-5H2,1-3H3,(H,11,13). The van der Waals surface area contributed by atoms with E-state index in [1.54, 1.807) is 18.1 Å². The smallest absolute Gasteiger partial charge is 0.274 e. The van der Waals surface area contributed by atoms with Gasteiger partial charge in [-0.3, -0.25) is 9.78 Å². The van der Waals surface area contributed by atoms with Crippen LogP contribution in [0.3, 0.4) is 0 Å². The Kier molecular flexibility index (Phi) is 4.03. The van der Waals surface area contributed by atoms with Crippen LogP contribution in [0.2, 0.25) is 0 Å². The first-order valence-electron chi connectivity index (χ1n) is 5.02. The summed E-state index contributed by atoms with van der Waals surface area (Å²) in [6.07, 6.45) is 3.07. The molecule has 1 heterocycles. The predicted molar refractivity (Wildman–Crippen MR) is 58.8 cm³/mol. The SMILES string of the molecule is CCN(CC)C(=O)c1cncc(NC)n1. The fourth-order valence-electron chi connectivity index (χ4n) is 1.26. The highest BCUT2D eigenvalue weighted by atomic mass is 16.2. The summed E-state index contributed by atoms with van der Waals surface area (Å²) in [7, 11) is 1.75. The Hall–Kier alpha value is -1.65. The van der Waals surface area contributed by atoms with Crippen molar-refractivity contribution in [2.75, 3.05) is 25.5 Å². The highest BCUT2D eigenvalue weighted by Gasteiger charge is 2.14. The van der Waals surface area contributed by atoms with Crippen LogP contribution in [0, 0.1) is 0 Å². The van der Waals surface area contributed by atoms with E-state index in [4.69, 9.17) is 0 Å². The Bertz CT molecular complexity index is 336. The molecule has 82 valence electrons. The van der Waals surface area contributed by atoms with Gasteiger partial charge in [-0.15, -0.1) is 0 Å². The molecule has 15 heavy (non-hydrogen) atoms. The second-order valence-electron chi connectivity index (χ2n) is 3.02. The van der Waals surface area contributed by atoms with E-state index in [1.807, 2.05) is 13.8 Å². The average Bonchev–Trinajstić information content (AvgIpc) is 2.30. The van der Waals surface area contributed by atoms with Gasteiger partial charge in [0.05, 0.1) is 12.4 Å². The molecule has 0 unspecified atom stereocenters. The molecule has 0 saturated heterocycles. The number of carbonyl (C=O) groups excluding carboxylic acids is 1. The van der Waals surface area contributed by atoms with Gasteiger partial charge in [-0.1, -0.05) is 0 Å². The molecular weight excluding hydrogens is 192 g/mol. The number of rotatable bonds is 4. The number of aromatic nitrogens is 2. The molecule has 0 aromatic carbocycles. The van der Waals surface area contributed by atoms with Crippen LogP contribution in [-0.4, -0.2) is 40.9 Å². The molecule has 1 aromatic heterocycles. The monoisotopic (exact) mass is 208 g/mol. The molecule has 0 atom stereocenters. The second kappa shape index (κ2) is 5.29. The molecule has 1 aromatic rings. The zero-order valence-corrected chi connectivity index (χ0v) is 9.32. The van der Waals surface area contributed by atoms with Gasteiger partial charge in [0.25, 0.3) is 5.91 Å². The molecule has 0 radical (unpaired) electrons. The van der Waals surface area contributed by atoms with Gasteiger partial charge in [-0.05, 0) is 13.8 Å². The summed E-state index contributed by atoms with van der Waals surface area (Å²) in [5.41, 5.74) is 0.380. The third-order valence-electron chi connectivity index (χ3n) is 2.16. The zero-order chi connectivity index (χ0) is 11.3. The van der Waals surface area contributed by atoms with Gasteiger partial charge in [0, 0.05) is 20.1 Å². The summed E-state index contributed by atoms with van der Waals surface area (Å²) in [6.45, 7) is 5.25. The van der Waals surface area contributed by atoms with E-state index in [-0.39, 0.29) is 5.91 Å². The summed E-state index contributed by atoms with van der Waals surface area (Å²) >= 11 is 0. The Morgan fingerprint density at radius 3 is 2.60 bits per heavy atom. The number of carbonyl (C=O) groups is 1. The van der Waals surface area contributed by atoms with Crippen molar-refractivity contribution < 1.29 is 4.79 Å². The fourth-order valence-corrected chi connectivity index (χ4v) is 1.26. The lowest BCUT2D eigenvalue weighted by Gasteiger charge is -2.17. The van der Waals surface area contributed by atoms with Gasteiger partial charge in [0.2, 0.25) is 0 Å². The summed E-state index contributed by atoms with van der Waals surface area (Å²) in [4.78, 5) is 21.7. The lowest BCUT2D eigenvalue weighted by molar-refractivity contribution is 0.0767. The predicted octanol–water partition coefficient (Wildman–Crippen LogP) is 1.00. The minimum Gasteiger partial charge on any atom is -0.372 e. The van der Waals surface area contributed by atoms with E-state index >= 15 is 0 Å². The number of hydrogen-bond donors (Lipinski definition) is 1. The Labute approximate surface area is 89.5 Å². The van der Waals surface area contributed by atoms with Crippen LogP contribution in [0.25, 0.3) is 0 Å².